The van der Waals surface area contributed by atoms with E-state index < -0.39 is 0 Å². The first kappa shape index (κ1) is 39.4. The molecule has 0 fully saturated rings. The monoisotopic (exact) mass is 877 g/mol. The van der Waals surface area contributed by atoms with Crippen LogP contribution in [0.1, 0.15) is 54.2 Å². The van der Waals surface area contributed by atoms with Gasteiger partial charge in [-0.3, -0.25) is 5.32 Å². The summed E-state index contributed by atoms with van der Waals surface area (Å²) in [6.07, 6.45) is 25.2. The quantitative estimate of drug-likeness (QED) is 0.175. The van der Waals surface area contributed by atoms with E-state index in [1.807, 2.05) is 0 Å². The van der Waals surface area contributed by atoms with Gasteiger partial charge in [0.05, 0.1) is 22.7 Å². The van der Waals surface area contributed by atoms with Crippen molar-refractivity contribution in [3.8, 4) is 5.69 Å². The van der Waals surface area contributed by atoms with Crippen molar-refractivity contribution < 1.29 is 0 Å². The van der Waals surface area contributed by atoms with Crippen molar-refractivity contribution in [1.29, 1.82) is 0 Å². The zero-order valence-electron chi connectivity index (χ0n) is 37.9. The first-order valence-corrected chi connectivity index (χ1v) is 24.6. The Hall–Kier alpha value is -7.73. The van der Waals surface area contributed by atoms with E-state index in [1.165, 1.54) is 118 Å². The molecule has 2 N–H and O–H groups in total. The highest BCUT2D eigenvalue weighted by atomic mass is 15.3. The number of aromatic nitrogens is 2. The van der Waals surface area contributed by atoms with Gasteiger partial charge in [0.15, 0.2) is 0 Å². The summed E-state index contributed by atoms with van der Waals surface area (Å²) in [6, 6.07) is 56.2. The minimum atomic E-state index is -0.235. The van der Waals surface area contributed by atoms with Crippen molar-refractivity contribution in [3.63, 3.8) is 0 Å². The van der Waals surface area contributed by atoms with E-state index >= 15 is 0 Å². The number of hydrogen-bond donors (Lipinski definition) is 2. The topological polar surface area (TPSA) is 46.3 Å². The Labute approximate surface area is 396 Å². The molecule has 3 heterocycles. The van der Waals surface area contributed by atoms with Gasteiger partial charge in [0.1, 0.15) is 12.0 Å². The lowest BCUT2D eigenvalue weighted by molar-refractivity contribution is 0.298. The third kappa shape index (κ3) is 6.44. The second-order valence-electron chi connectivity index (χ2n) is 19.3. The Balaban J connectivity index is 0.917. The molecular weight excluding hydrogens is 827 g/mol. The highest BCUT2D eigenvalue weighted by Gasteiger charge is 2.37. The highest BCUT2D eigenvalue weighted by molar-refractivity contribution is 6.15. The van der Waals surface area contributed by atoms with Gasteiger partial charge in [-0.1, -0.05) is 158 Å². The number of benzene rings is 7. The molecule has 1 aliphatic heterocycles. The van der Waals surface area contributed by atoms with Crippen LogP contribution in [0.25, 0.3) is 71.2 Å². The van der Waals surface area contributed by atoms with Gasteiger partial charge in [-0.2, -0.15) is 0 Å². The number of amidine groups is 1. The molecule has 0 saturated carbocycles. The second kappa shape index (κ2) is 16.0. The molecule has 0 bridgehead atoms. The smallest absolute Gasteiger partial charge is 0.129 e. The molecule has 328 valence electrons. The molecule has 4 atom stereocenters. The summed E-state index contributed by atoms with van der Waals surface area (Å²) in [5.74, 6) is 1.18. The van der Waals surface area contributed by atoms with Crippen LogP contribution in [-0.4, -0.2) is 21.1 Å². The van der Waals surface area contributed by atoms with Crippen molar-refractivity contribution in [1.82, 2.24) is 19.8 Å². The van der Waals surface area contributed by atoms with Crippen LogP contribution < -0.4 is 10.6 Å². The molecule has 4 unspecified atom stereocenters. The number of aliphatic imine (C=N–C) groups is 1. The maximum absolute atomic E-state index is 5.56. The fourth-order valence-corrected chi connectivity index (χ4v) is 12.2. The highest BCUT2D eigenvalue weighted by Crippen LogP contribution is 2.43. The summed E-state index contributed by atoms with van der Waals surface area (Å²) < 4.78 is 5.13. The van der Waals surface area contributed by atoms with Gasteiger partial charge in [0, 0.05) is 50.6 Å². The zero-order chi connectivity index (χ0) is 44.7. The van der Waals surface area contributed by atoms with Gasteiger partial charge in [0.2, 0.25) is 0 Å². The normalized spacial score (nSPS) is 21.3. The van der Waals surface area contributed by atoms with Crippen LogP contribution in [0.5, 0.6) is 0 Å². The van der Waals surface area contributed by atoms with Gasteiger partial charge in [-0.15, -0.1) is 0 Å². The summed E-state index contributed by atoms with van der Waals surface area (Å²) >= 11 is 0. The minimum absolute atomic E-state index is 0.0885. The molecule has 5 aliphatic rings. The van der Waals surface area contributed by atoms with E-state index in [2.05, 4.69) is 220 Å². The van der Waals surface area contributed by atoms with Gasteiger partial charge >= 0.3 is 0 Å². The van der Waals surface area contributed by atoms with Crippen LogP contribution in [0.2, 0.25) is 0 Å². The minimum Gasteiger partial charge on any atom is -0.354 e. The van der Waals surface area contributed by atoms with Gasteiger partial charge in [-0.25, -0.2) is 4.99 Å². The lowest BCUT2D eigenvalue weighted by Crippen LogP contribution is -2.56. The van der Waals surface area contributed by atoms with Gasteiger partial charge in [-0.05, 0) is 130 Å². The molecule has 2 aromatic heterocycles. The van der Waals surface area contributed by atoms with Crippen LogP contribution >= 0.6 is 0 Å². The predicted octanol–water partition coefficient (Wildman–Crippen LogP) is 14.5. The van der Waals surface area contributed by atoms with Crippen molar-refractivity contribution in [3.05, 3.63) is 234 Å². The zero-order valence-corrected chi connectivity index (χ0v) is 37.9. The van der Waals surface area contributed by atoms with E-state index in [1.54, 1.807) is 0 Å². The molecule has 9 aromatic rings. The summed E-state index contributed by atoms with van der Waals surface area (Å²) in [4.78, 5) is 5.56. The molecule has 0 saturated heterocycles. The number of allylic oxidation sites excluding steroid dienone is 10. The van der Waals surface area contributed by atoms with Gasteiger partial charge in [0.25, 0.3) is 0 Å². The molecule has 5 heteroatoms. The first-order valence-electron chi connectivity index (χ1n) is 24.6. The van der Waals surface area contributed by atoms with E-state index in [9.17, 15) is 0 Å². The van der Waals surface area contributed by atoms with E-state index in [4.69, 9.17) is 4.99 Å². The standard InChI is InChI=1S/C63H51N5/c1-2-16-41(17-3-1)49-22-8-9-25-53(49)62-64-61(46-30-29-40-15-4-5-18-43(40)35-46)65-63(66-62)54-26-14-21-42-31-32-47(38-55(42)54)68-59-37-45-20-7-6-19-44(45)36-56(59)52-34-33-48(39-60(52)68)67-57-27-12-10-23-50(57)51-24-11-13-28-58(51)67/h1-8,10,12,14-23,26-27,29-39,54-55,61,63,65H,9,11,13,24-25,28H2,(H,64,66). The average molecular weight is 878 g/mol. The Bertz CT molecular complexity index is 3770. The lowest BCUT2D eigenvalue weighted by atomic mass is 9.77. The van der Waals surface area contributed by atoms with Crippen LogP contribution in [0.15, 0.2) is 216 Å². The van der Waals surface area contributed by atoms with Crippen LogP contribution in [-0.2, 0) is 12.8 Å². The summed E-state index contributed by atoms with van der Waals surface area (Å²) in [7, 11) is 0. The fraction of sp³-hybridized carbons (Fsp3) is 0.159. The average Bonchev–Trinajstić information content (AvgIpc) is 3.91. The number of fused-ring (bicyclic) bond motifs is 9. The summed E-state index contributed by atoms with van der Waals surface area (Å²) in [5.41, 5.74) is 15.4. The SMILES string of the molecule is C1=CC(C2NC(C3=C(c4ccccc4)C=CCC3)=NC(c3ccc4ccccc4c3)N2)C2C=C(n3c4cc(-n5c6c(c7ccccc75)CCCC6)ccc4c4cc5ccccc5cc43)C=CC2=C1. The van der Waals surface area contributed by atoms with Crippen molar-refractivity contribution >= 4 is 71.4 Å². The van der Waals surface area contributed by atoms with Crippen molar-refractivity contribution in [2.45, 2.75) is 50.9 Å². The number of nitrogens with one attached hydrogen (secondary N) is 2. The fourth-order valence-electron chi connectivity index (χ4n) is 12.2. The number of aryl methyl sites for hydroxylation is 1. The molecule has 0 spiro atoms. The Morgan fingerprint density at radius 2 is 1.37 bits per heavy atom. The molecule has 7 aromatic carbocycles. The molecule has 4 aliphatic carbocycles. The van der Waals surface area contributed by atoms with E-state index in [0.29, 0.717) is 0 Å². The number of rotatable bonds is 6. The number of para-hydroxylation sites is 1. The van der Waals surface area contributed by atoms with E-state index in [0.717, 1.165) is 31.5 Å². The van der Waals surface area contributed by atoms with Crippen molar-refractivity contribution in [2.24, 2.45) is 16.8 Å². The maximum Gasteiger partial charge on any atom is 0.129 e. The molecule has 14 rings (SSSR count). The predicted molar refractivity (Wildman–Crippen MR) is 284 cm³/mol. The van der Waals surface area contributed by atoms with Crippen LogP contribution in [0.4, 0.5) is 0 Å². The summed E-state index contributed by atoms with van der Waals surface area (Å²) in [6.45, 7) is 0. The molecule has 5 nitrogen and oxygen atoms in total. The van der Waals surface area contributed by atoms with Crippen LogP contribution in [0, 0.1) is 11.8 Å². The van der Waals surface area contributed by atoms with Gasteiger partial charge < -0.3 is 14.5 Å². The molecule has 0 amide bonds. The Kier molecular flexibility index (Phi) is 9.26. The maximum atomic E-state index is 5.56. The van der Waals surface area contributed by atoms with E-state index in [-0.39, 0.29) is 24.2 Å². The third-order valence-corrected chi connectivity index (χ3v) is 15.4. The molecule has 0 radical (unpaired) electrons. The Morgan fingerprint density at radius 3 is 2.26 bits per heavy atom. The van der Waals surface area contributed by atoms with Crippen molar-refractivity contribution in [2.75, 3.05) is 0 Å². The Morgan fingerprint density at radius 1 is 0.588 bits per heavy atom. The number of hydrogen-bond acceptors (Lipinski definition) is 3. The number of nitrogens with zero attached hydrogens (tertiary/aromatic N) is 3. The molecular formula is C63H51N5. The first-order chi connectivity index (χ1) is 33.7. The summed E-state index contributed by atoms with van der Waals surface area (Å²) in [5, 5.41) is 17.1. The lowest BCUT2D eigenvalue weighted by Gasteiger charge is -2.41. The third-order valence-electron chi connectivity index (χ3n) is 15.4. The largest absolute Gasteiger partial charge is 0.354 e. The molecule has 68 heavy (non-hydrogen) atoms. The van der Waals surface area contributed by atoms with Crippen LogP contribution in [0.3, 0.4) is 0 Å². The second-order valence-corrected chi connectivity index (χ2v) is 19.3.